The molecular formula is C17H19N5O2S. The van der Waals surface area contributed by atoms with Crippen LogP contribution in [0.5, 0.6) is 0 Å². The van der Waals surface area contributed by atoms with Crippen LogP contribution in [0.3, 0.4) is 0 Å². The Morgan fingerprint density at radius 2 is 2.28 bits per heavy atom. The molecule has 1 amide bonds. The van der Waals surface area contributed by atoms with E-state index in [1.165, 1.54) is 6.08 Å². The normalized spacial score (nSPS) is 11.4. The summed E-state index contributed by atoms with van der Waals surface area (Å²) in [5, 5.41) is 11.5. The van der Waals surface area contributed by atoms with Gasteiger partial charge in [-0.1, -0.05) is 12.1 Å². The van der Waals surface area contributed by atoms with Crippen molar-refractivity contribution in [3.8, 4) is 0 Å². The highest BCUT2D eigenvalue weighted by Gasteiger charge is 2.06. The zero-order chi connectivity index (χ0) is 17.5. The van der Waals surface area contributed by atoms with Crippen LogP contribution in [-0.4, -0.2) is 39.4 Å². The molecule has 7 nitrogen and oxygen atoms in total. The minimum atomic E-state index is -0.189. The number of fused-ring (bicyclic) bond motifs is 1. The maximum Gasteiger partial charge on any atom is 0.244 e. The fourth-order valence-corrected chi connectivity index (χ4v) is 3.19. The first-order valence-electron chi connectivity index (χ1n) is 7.93. The monoisotopic (exact) mass is 357 g/mol. The summed E-state index contributed by atoms with van der Waals surface area (Å²) >= 11 is 1.55. The minimum Gasteiger partial charge on any atom is -0.385 e. The summed E-state index contributed by atoms with van der Waals surface area (Å²) in [6.45, 7) is 1.76. The molecule has 0 unspecified atom stereocenters. The van der Waals surface area contributed by atoms with Gasteiger partial charge in [-0.2, -0.15) is 0 Å². The zero-order valence-corrected chi connectivity index (χ0v) is 14.7. The van der Waals surface area contributed by atoms with E-state index in [9.17, 15) is 4.79 Å². The van der Waals surface area contributed by atoms with Crippen LogP contribution in [0.4, 0.5) is 0 Å². The molecule has 1 aromatic carbocycles. The molecule has 1 N–H and O–H groups in total. The quantitative estimate of drug-likeness (QED) is 0.494. The Labute approximate surface area is 149 Å². The number of aryl methyl sites for hydroxylation is 1. The van der Waals surface area contributed by atoms with Crippen molar-refractivity contribution < 1.29 is 9.53 Å². The number of carbonyl (C=O) groups is 1. The number of ether oxygens (including phenoxy) is 1. The van der Waals surface area contributed by atoms with Crippen molar-refractivity contribution in [3.63, 3.8) is 0 Å². The van der Waals surface area contributed by atoms with Gasteiger partial charge in [0, 0.05) is 26.3 Å². The van der Waals surface area contributed by atoms with Crippen LogP contribution in [0.1, 0.15) is 17.3 Å². The number of nitrogens with one attached hydrogen (secondary N) is 1. The third-order valence-electron chi connectivity index (χ3n) is 3.55. The second-order valence-corrected chi connectivity index (χ2v) is 6.42. The maximum atomic E-state index is 12.0. The fraction of sp³-hybridized carbons (Fsp3) is 0.294. The predicted octanol–water partition coefficient (Wildman–Crippen LogP) is 2.25. The van der Waals surface area contributed by atoms with E-state index in [0.29, 0.717) is 13.2 Å². The Morgan fingerprint density at radius 1 is 1.40 bits per heavy atom. The number of carbonyl (C=O) groups excluding carboxylic acids is 1. The fourth-order valence-electron chi connectivity index (χ4n) is 2.32. The molecule has 0 aliphatic heterocycles. The smallest absolute Gasteiger partial charge is 0.244 e. The van der Waals surface area contributed by atoms with E-state index in [0.717, 1.165) is 34.0 Å². The van der Waals surface area contributed by atoms with Crippen molar-refractivity contribution in [2.45, 2.75) is 19.5 Å². The number of para-hydroxylation sites is 1. The van der Waals surface area contributed by atoms with Gasteiger partial charge in [0.1, 0.15) is 11.3 Å². The third kappa shape index (κ3) is 4.71. The molecule has 130 valence electrons. The lowest BCUT2D eigenvalue weighted by molar-refractivity contribution is -0.116. The van der Waals surface area contributed by atoms with Crippen molar-refractivity contribution in [1.82, 2.24) is 25.1 Å². The molecule has 0 spiro atoms. The van der Waals surface area contributed by atoms with E-state index in [-0.39, 0.29) is 5.91 Å². The first-order chi connectivity index (χ1) is 12.3. The lowest BCUT2D eigenvalue weighted by Crippen LogP contribution is -2.22. The SMILES string of the molecule is COCCCn1cnnc1CNC(=O)C=Cc1nc2ccccc2s1. The van der Waals surface area contributed by atoms with Crippen LogP contribution < -0.4 is 5.32 Å². The van der Waals surface area contributed by atoms with E-state index in [1.54, 1.807) is 30.8 Å². The van der Waals surface area contributed by atoms with Crippen LogP contribution in [0, 0.1) is 0 Å². The number of rotatable bonds is 8. The molecule has 3 aromatic rings. The van der Waals surface area contributed by atoms with E-state index in [1.807, 2.05) is 28.8 Å². The van der Waals surface area contributed by atoms with Gasteiger partial charge in [-0.3, -0.25) is 4.79 Å². The van der Waals surface area contributed by atoms with Crippen molar-refractivity contribution >= 4 is 33.5 Å². The van der Waals surface area contributed by atoms with Gasteiger partial charge in [0.25, 0.3) is 0 Å². The lowest BCUT2D eigenvalue weighted by Gasteiger charge is -2.06. The molecule has 25 heavy (non-hydrogen) atoms. The summed E-state index contributed by atoms with van der Waals surface area (Å²) in [6, 6.07) is 7.90. The molecule has 0 saturated heterocycles. The number of methoxy groups -OCH3 is 1. The van der Waals surface area contributed by atoms with Crippen molar-refractivity contribution in [3.05, 3.63) is 47.5 Å². The molecule has 8 heteroatoms. The molecule has 0 aliphatic carbocycles. The summed E-state index contributed by atoms with van der Waals surface area (Å²) in [4.78, 5) is 16.5. The average Bonchev–Trinajstić information content (AvgIpc) is 3.24. The Bertz CT molecular complexity index is 838. The molecule has 0 saturated carbocycles. The van der Waals surface area contributed by atoms with E-state index < -0.39 is 0 Å². The van der Waals surface area contributed by atoms with Crippen LogP contribution in [0.25, 0.3) is 16.3 Å². The van der Waals surface area contributed by atoms with Gasteiger partial charge in [0.05, 0.1) is 16.8 Å². The first-order valence-corrected chi connectivity index (χ1v) is 8.75. The minimum absolute atomic E-state index is 0.189. The number of aromatic nitrogens is 4. The topological polar surface area (TPSA) is 81.9 Å². The maximum absolute atomic E-state index is 12.0. The lowest BCUT2D eigenvalue weighted by atomic mass is 10.3. The van der Waals surface area contributed by atoms with Gasteiger partial charge in [-0.15, -0.1) is 21.5 Å². The van der Waals surface area contributed by atoms with E-state index in [4.69, 9.17) is 4.74 Å². The van der Waals surface area contributed by atoms with Gasteiger partial charge < -0.3 is 14.6 Å². The van der Waals surface area contributed by atoms with Crippen molar-refractivity contribution in [2.75, 3.05) is 13.7 Å². The highest BCUT2D eigenvalue weighted by molar-refractivity contribution is 7.19. The average molecular weight is 357 g/mol. The number of hydrogen-bond acceptors (Lipinski definition) is 6. The number of nitrogens with zero attached hydrogens (tertiary/aromatic N) is 4. The Balaban J connectivity index is 1.53. The van der Waals surface area contributed by atoms with Crippen LogP contribution in [-0.2, 0) is 22.6 Å². The number of hydrogen-bond donors (Lipinski definition) is 1. The summed E-state index contributed by atoms with van der Waals surface area (Å²) < 4.78 is 8.05. The second kappa shape index (κ2) is 8.50. The molecule has 2 aromatic heterocycles. The molecular weight excluding hydrogens is 338 g/mol. The molecule has 0 fully saturated rings. The summed E-state index contributed by atoms with van der Waals surface area (Å²) in [6.07, 6.45) is 5.74. The summed E-state index contributed by atoms with van der Waals surface area (Å²) in [7, 11) is 1.67. The molecule has 0 radical (unpaired) electrons. The van der Waals surface area contributed by atoms with Gasteiger partial charge in [-0.05, 0) is 24.6 Å². The second-order valence-electron chi connectivity index (χ2n) is 5.36. The molecule has 2 heterocycles. The predicted molar refractivity (Wildman–Crippen MR) is 97.0 cm³/mol. The molecule has 3 rings (SSSR count). The Kier molecular flexibility index (Phi) is 5.86. The summed E-state index contributed by atoms with van der Waals surface area (Å²) in [5.74, 6) is 0.531. The highest BCUT2D eigenvalue weighted by atomic mass is 32.1. The van der Waals surface area contributed by atoms with Crippen LogP contribution in [0.15, 0.2) is 36.7 Å². The third-order valence-corrected chi connectivity index (χ3v) is 4.55. The van der Waals surface area contributed by atoms with Crippen LogP contribution in [0.2, 0.25) is 0 Å². The highest BCUT2D eigenvalue weighted by Crippen LogP contribution is 2.22. The Morgan fingerprint density at radius 3 is 3.12 bits per heavy atom. The zero-order valence-electron chi connectivity index (χ0n) is 13.9. The molecule has 0 aliphatic rings. The van der Waals surface area contributed by atoms with E-state index >= 15 is 0 Å². The molecule has 0 atom stereocenters. The van der Waals surface area contributed by atoms with Gasteiger partial charge >= 0.3 is 0 Å². The standard InChI is InChI=1S/C17H19N5O2S/c1-24-10-4-9-22-12-19-21-15(22)11-18-16(23)7-8-17-20-13-5-2-3-6-14(13)25-17/h2-3,5-8,12H,4,9-11H2,1H3,(H,18,23). The van der Waals surface area contributed by atoms with Gasteiger partial charge in [0.15, 0.2) is 5.82 Å². The van der Waals surface area contributed by atoms with Gasteiger partial charge in [0.2, 0.25) is 5.91 Å². The largest absolute Gasteiger partial charge is 0.385 e. The van der Waals surface area contributed by atoms with E-state index in [2.05, 4.69) is 20.5 Å². The number of amides is 1. The van der Waals surface area contributed by atoms with Crippen molar-refractivity contribution in [2.24, 2.45) is 0 Å². The first kappa shape index (κ1) is 17.2. The Hall–Kier alpha value is -2.58. The summed E-state index contributed by atoms with van der Waals surface area (Å²) in [5.41, 5.74) is 0.941. The van der Waals surface area contributed by atoms with Gasteiger partial charge in [-0.25, -0.2) is 4.98 Å². The number of benzene rings is 1. The number of thiazole rings is 1. The van der Waals surface area contributed by atoms with Crippen LogP contribution >= 0.6 is 11.3 Å². The van der Waals surface area contributed by atoms with Crippen molar-refractivity contribution in [1.29, 1.82) is 0 Å². The molecule has 0 bridgehead atoms.